The summed E-state index contributed by atoms with van der Waals surface area (Å²) < 4.78 is 1.95. The Morgan fingerprint density at radius 1 is 1.23 bits per heavy atom. The third kappa shape index (κ3) is 5.84. The largest absolute Gasteiger partial charge is 0.351 e. The molecule has 1 amide bonds. The molecular weight excluding hydrogens is 423 g/mol. The molecule has 0 radical (unpaired) electrons. The van der Waals surface area contributed by atoms with Gasteiger partial charge in [0.25, 0.3) is 5.91 Å². The molecule has 0 aliphatic carbocycles. The SMILES string of the molecule is Cc1nn(C(C)(C)C)c2nc(C(C)C)cc(C(=O)NCCN3CCNCC3)c12.Cl.Cl. The second-order valence-electron chi connectivity index (χ2n) is 8.96. The lowest BCUT2D eigenvalue weighted by Gasteiger charge is -2.27. The number of nitrogens with one attached hydrogen (secondary N) is 2. The highest BCUT2D eigenvalue weighted by Crippen LogP contribution is 2.28. The summed E-state index contributed by atoms with van der Waals surface area (Å²) in [7, 11) is 0. The number of piperazine rings is 1. The molecule has 0 bridgehead atoms. The first-order chi connectivity index (χ1) is 13.2. The van der Waals surface area contributed by atoms with Crippen LogP contribution in [0.25, 0.3) is 11.0 Å². The van der Waals surface area contributed by atoms with Crippen LogP contribution in [-0.4, -0.2) is 64.8 Å². The molecule has 9 heteroatoms. The quantitative estimate of drug-likeness (QED) is 0.719. The molecule has 0 spiro atoms. The third-order valence-corrected chi connectivity index (χ3v) is 5.23. The van der Waals surface area contributed by atoms with E-state index < -0.39 is 0 Å². The van der Waals surface area contributed by atoms with Gasteiger partial charge in [-0.2, -0.15) is 5.10 Å². The zero-order valence-electron chi connectivity index (χ0n) is 18.9. The van der Waals surface area contributed by atoms with E-state index in [4.69, 9.17) is 10.1 Å². The molecule has 3 rings (SSSR count). The van der Waals surface area contributed by atoms with Crippen molar-refractivity contribution in [3.8, 4) is 0 Å². The standard InChI is InChI=1S/C21H34N6O.2ClH/c1-14(2)17-13-16(20(28)23-9-12-26-10-7-22-8-11-26)18-15(3)25-27(19(18)24-17)21(4,5)6;;/h13-14,22H,7-12H2,1-6H3,(H,23,28);2*1H. The zero-order valence-corrected chi connectivity index (χ0v) is 20.5. The van der Waals surface area contributed by atoms with E-state index in [0.29, 0.717) is 12.1 Å². The topological polar surface area (TPSA) is 75.1 Å². The average Bonchev–Trinajstić information content (AvgIpc) is 2.99. The minimum atomic E-state index is -0.203. The van der Waals surface area contributed by atoms with Gasteiger partial charge in [0, 0.05) is 45.0 Å². The van der Waals surface area contributed by atoms with E-state index in [1.807, 2.05) is 17.7 Å². The van der Waals surface area contributed by atoms with Crippen molar-refractivity contribution in [2.45, 2.75) is 53.0 Å². The van der Waals surface area contributed by atoms with Gasteiger partial charge in [0.2, 0.25) is 0 Å². The minimum Gasteiger partial charge on any atom is -0.351 e. The number of carbonyl (C=O) groups excluding carboxylic acids is 1. The molecule has 1 saturated heterocycles. The van der Waals surface area contributed by atoms with Gasteiger partial charge in [0.15, 0.2) is 5.65 Å². The van der Waals surface area contributed by atoms with Crippen LogP contribution >= 0.6 is 24.8 Å². The summed E-state index contributed by atoms with van der Waals surface area (Å²) in [5.41, 5.74) is 3.04. The molecule has 2 N–H and O–H groups in total. The number of rotatable bonds is 5. The summed E-state index contributed by atoms with van der Waals surface area (Å²) >= 11 is 0. The molecule has 1 aliphatic rings. The van der Waals surface area contributed by atoms with E-state index in [0.717, 1.165) is 55.1 Å². The van der Waals surface area contributed by atoms with Crippen molar-refractivity contribution in [2.24, 2.45) is 0 Å². The van der Waals surface area contributed by atoms with Crippen LogP contribution in [0, 0.1) is 6.92 Å². The monoisotopic (exact) mass is 458 g/mol. The summed E-state index contributed by atoms with van der Waals surface area (Å²) in [4.78, 5) is 20.3. The van der Waals surface area contributed by atoms with Crippen molar-refractivity contribution >= 4 is 41.8 Å². The maximum atomic E-state index is 13.1. The van der Waals surface area contributed by atoms with Crippen molar-refractivity contribution in [2.75, 3.05) is 39.3 Å². The van der Waals surface area contributed by atoms with Gasteiger partial charge in [0.1, 0.15) is 0 Å². The summed E-state index contributed by atoms with van der Waals surface area (Å²) in [6, 6.07) is 1.94. The van der Waals surface area contributed by atoms with E-state index in [-0.39, 0.29) is 42.2 Å². The van der Waals surface area contributed by atoms with Gasteiger partial charge in [-0.25, -0.2) is 9.67 Å². The van der Waals surface area contributed by atoms with Crippen LogP contribution < -0.4 is 10.6 Å². The highest BCUT2D eigenvalue weighted by atomic mass is 35.5. The Kier molecular flexibility index (Phi) is 9.54. The van der Waals surface area contributed by atoms with E-state index in [9.17, 15) is 4.79 Å². The van der Waals surface area contributed by atoms with Crippen LogP contribution in [-0.2, 0) is 5.54 Å². The zero-order chi connectivity index (χ0) is 20.5. The van der Waals surface area contributed by atoms with Gasteiger partial charge in [0.05, 0.1) is 22.2 Å². The number of aromatic nitrogens is 3. The molecule has 3 heterocycles. The summed E-state index contributed by atoms with van der Waals surface area (Å²) in [5, 5.41) is 12.0. The van der Waals surface area contributed by atoms with Crippen LogP contribution in [0.15, 0.2) is 6.07 Å². The van der Waals surface area contributed by atoms with Gasteiger partial charge in [-0.1, -0.05) is 13.8 Å². The van der Waals surface area contributed by atoms with Crippen molar-refractivity contribution < 1.29 is 4.79 Å². The number of hydrogen-bond donors (Lipinski definition) is 2. The number of carbonyl (C=O) groups is 1. The second-order valence-corrected chi connectivity index (χ2v) is 8.96. The highest BCUT2D eigenvalue weighted by Gasteiger charge is 2.25. The number of amides is 1. The number of hydrogen-bond acceptors (Lipinski definition) is 5. The van der Waals surface area contributed by atoms with E-state index in [2.05, 4.69) is 50.2 Å². The Bertz CT molecular complexity index is 853. The normalized spacial score (nSPS) is 15.0. The smallest absolute Gasteiger partial charge is 0.252 e. The Hall–Kier alpha value is -1.41. The molecule has 0 atom stereocenters. The lowest BCUT2D eigenvalue weighted by Crippen LogP contribution is -2.46. The number of pyridine rings is 1. The van der Waals surface area contributed by atoms with Crippen LogP contribution in [0.4, 0.5) is 0 Å². The third-order valence-electron chi connectivity index (χ3n) is 5.23. The van der Waals surface area contributed by atoms with Crippen molar-refractivity contribution in [1.82, 2.24) is 30.3 Å². The Morgan fingerprint density at radius 3 is 2.43 bits per heavy atom. The summed E-state index contributed by atoms with van der Waals surface area (Å²) in [6.45, 7) is 18.1. The molecule has 2 aromatic rings. The van der Waals surface area contributed by atoms with Gasteiger partial charge in [-0.3, -0.25) is 9.69 Å². The lowest BCUT2D eigenvalue weighted by atomic mass is 10.0. The Balaban J connectivity index is 0.00000225. The summed E-state index contributed by atoms with van der Waals surface area (Å²) in [6.07, 6.45) is 0. The van der Waals surface area contributed by atoms with Gasteiger partial charge >= 0.3 is 0 Å². The molecule has 2 aromatic heterocycles. The van der Waals surface area contributed by atoms with E-state index >= 15 is 0 Å². The van der Waals surface area contributed by atoms with E-state index in [1.165, 1.54) is 0 Å². The molecule has 0 aromatic carbocycles. The van der Waals surface area contributed by atoms with Crippen LogP contribution in [0.2, 0.25) is 0 Å². The molecule has 7 nitrogen and oxygen atoms in total. The summed E-state index contributed by atoms with van der Waals surface area (Å²) in [5.74, 6) is 0.196. The van der Waals surface area contributed by atoms with Crippen molar-refractivity contribution in [3.05, 3.63) is 23.0 Å². The first-order valence-corrected chi connectivity index (χ1v) is 10.3. The molecule has 0 saturated carbocycles. The second kappa shape index (κ2) is 10.8. The fourth-order valence-corrected chi connectivity index (χ4v) is 3.61. The highest BCUT2D eigenvalue weighted by molar-refractivity contribution is 6.06. The maximum absolute atomic E-state index is 13.1. The molecule has 1 fully saturated rings. The first-order valence-electron chi connectivity index (χ1n) is 10.3. The average molecular weight is 459 g/mol. The fourth-order valence-electron chi connectivity index (χ4n) is 3.61. The number of halogens is 2. The lowest BCUT2D eigenvalue weighted by molar-refractivity contribution is 0.0948. The van der Waals surface area contributed by atoms with Crippen molar-refractivity contribution in [3.63, 3.8) is 0 Å². The Labute approximate surface area is 192 Å². The molecule has 30 heavy (non-hydrogen) atoms. The minimum absolute atomic E-state index is 0. The maximum Gasteiger partial charge on any atom is 0.252 e. The first kappa shape index (κ1) is 26.6. The van der Waals surface area contributed by atoms with E-state index in [1.54, 1.807) is 0 Å². The number of nitrogens with zero attached hydrogens (tertiary/aromatic N) is 4. The molecule has 1 aliphatic heterocycles. The van der Waals surface area contributed by atoms with Gasteiger partial charge in [-0.15, -0.1) is 24.8 Å². The Morgan fingerprint density at radius 2 is 1.87 bits per heavy atom. The van der Waals surface area contributed by atoms with Crippen LogP contribution in [0.1, 0.15) is 62.3 Å². The van der Waals surface area contributed by atoms with Gasteiger partial charge < -0.3 is 10.6 Å². The molecular formula is C21H36Cl2N6O. The molecule has 170 valence electrons. The predicted octanol–water partition coefficient (Wildman–Crippen LogP) is 3.10. The fraction of sp³-hybridized carbons (Fsp3) is 0.667. The van der Waals surface area contributed by atoms with Crippen LogP contribution in [0.3, 0.4) is 0 Å². The molecule has 0 unspecified atom stereocenters. The number of aryl methyl sites for hydroxylation is 1. The van der Waals surface area contributed by atoms with Gasteiger partial charge in [-0.05, 0) is 39.7 Å². The van der Waals surface area contributed by atoms with Crippen LogP contribution in [0.5, 0.6) is 0 Å². The number of fused-ring (bicyclic) bond motifs is 1. The van der Waals surface area contributed by atoms with Crippen molar-refractivity contribution in [1.29, 1.82) is 0 Å². The predicted molar refractivity (Wildman–Crippen MR) is 127 cm³/mol.